The summed E-state index contributed by atoms with van der Waals surface area (Å²) in [7, 11) is 3.96. The number of ether oxygens (including phenoxy) is 1. The van der Waals surface area contributed by atoms with Gasteiger partial charge in [-0.3, -0.25) is 14.4 Å². The van der Waals surface area contributed by atoms with Gasteiger partial charge in [0.2, 0.25) is 0 Å². The molecule has 0 fully saturated rings. The first-order chi connectivity index (χ1) is 25.6. The van der Waals surface area contributed by atoms with E-state index in [0.717, 1.165) is 151 Å². The van der Waals surface area contributed by atoms with Crippen LogP contribution >= 0.6 is 23.5 Å². The second kappa shape index (κ2) is 32.7. The van der Waals surface area contributed by atoms with E-state index in [-0.39, 0.29) is 45.6 Å². The lowest BCUT2D eigenvalue weighted by Gasteiger charge is -2.18. The van der Waals surface area contributed by atoms with E-state index in [1.165, 1.54) is 12.2 Å². The standard InChI is InChI=1S/C43H75F4NO4S2/c1-7-9-21-31-42(44,45)33-29-36(3)53-40(50)27-19-15-11-13-17-24-38(52-39(49)26-23-35-48(5)6)25-18-14-12-16-20-28-41(51)54-37(4)30-34-43(46,47)32-22-10-8-2/h29-30,33-34,36-38H,7-28,31-32,35H2,1-6H3/b33-29-,34-30-. The lowest BCUT2D eigenvalue weighted by molar-refractivity contribution is -0.150. The highest BCUT2D eigenvalue weighted by Gasteiger charge is 2.25. The molecule has 2 atom stereocenters. The fourth-order valence-corrected chi connectivity index (χ4v) is 7.61. The molecule has 0 aromatic rings. The molecule has 0 N–H and O–H groups in total. The summed E-state index contributed by atoms with van der Waals surface area (Å²) in [5, 5.41) is -0.486. The van der Waals surface area contributed by atoms with E-state index in [2.05, 4.69) is 0 Å². The van der Waals surface area contributed by atoms with Gasteiger partial charge in [0, 0.05) is 42.6 Å². The molecule has 0 aromatic heterocycles. The number of unbranched alkanes of at least 4 members (excludes halogenated alkanes) is 12. The van der Waals surface area contributed by atoms with Gasteiger partial charge in [0.05, 0.1) is 0 Å². The van der Waals surface area contributed by atoms with Crippen LogP contribution in [0.4, 0.5) is 17.6 Å². The number of hydrogen-bond donors (Lipinski definition) is 0. The Labute approximate surface area is 335 Å². The smallest absolute Gasteiger partial charge is 0.306 e. The molecule has 0 spiro atoms. The molecule has 2 unspecified atom stereocenters. The molecule has 0 saturated carbocycles. The molecule has 0 aromatic carbocycles. The van der Waals surface area contributed by atoms with Crippen molar-refractivity contribution in [3.63, 3.8) is 0 Å². The average Bonchev–Trinajstić information content (AvgIpc) is 3.09. The molecule has 0 saturated heterocycles. The SMILES string of the molecule is CCCCCC(F)(F)/C=C\C(C)SC(=O)CCCCCCCC(CCCCCCCC(=O)SC(C)/C=C\C(F)(F)CCCCC)OC(=O)CCCN(C)C. The number of allylic oxidation sites excluding steroid dienone is 2. The van der Waals surface area contributed by atoms with E-state index < -0.39 is 11.8 Å². The van der Waals surface area contributed by atoms with Crippen LogP contribution < -0.4 is 0 Å². The molecule has 0 bridgehead atoms. The minimum absolute atomic E-state index is 0.0358. The Morgan fingerprint density at radius 1 is 0.593 bits per heavy atom. The Balaban J connectivity index is 4.43. The van der Waals surface area contributed by atoms with Crippen LogP contribution in [-0.4, -0.2) is 70.2 Å². The van der Waals surface area contributed by atoms with Crippen LogP contribution in [-0.2, 0) is 19.1 Å². The monoisotopic (exact) mass is 810 g/mol. The first-order valence-corrected chi connectivity index (χ1v) is 22.7. The zero-order valence-electron chi connectivity index (χ0n) is 34.6. The summed E-state index contributed by atoms with van der Waals surface area (Å²) < 4.78 is 61.8. The minimum atomic E-state index is -2.82. The number of halogens is 4. The fraction of sp³-hybridized carbons (Fsp3) is 0.837. The third-order valence-corrected chi connectivity index (χ3v) is 11.2. The van der Waals surface area contributed by atoms with Gasteiger partial charge in [-0.1, -0.05) is 114 Å². The fourth-order valence-electron chi connectivity index (χ4n) is 5.94. The van der Waals surface area contributed by atoms with Gasteiger partial charge in [-0.25, -0.2) is 17.6 Å². The zero-order valence-corrected chi connectivity index (χ0v) is 36.3. The van der Waals surface area contributed by atoms with Gasteiger partial charge >= 0.3 is 5.97 Å². The normalized spacial score (nSPS) is 14.3. The average molecular weight is 810 g/mol. The Hall–Kier alpha value is -1.33. The van der Waals surface area contributed by atoms with E-state index >= 15 is 0 Å². The van der Waals surface area contributed by atoms with Gasteiger partial charge in [0.1, 0.15) is 6.10 Å². The van der Waals surface area contributed by atoms with Crippen LogP contribution in [0.2, 0.25) is 0 Å². The van der Waals surface area contributed by atoms with Crippen molar-refractivity contribution in [2.24, 2.45) is 0 Å². The number of nitrogens with zero attached hydrogens (tertiary/aromatic N) is 1. The van der Waals surface area contributed by atoms with E-state index in [0.29, 0.717) is 32.1 Å². The Morgan fingerprint density at radius 3 is 1.41 bits per heavy atom. The molecule has 0 aliphatic heterocycles. The van der Waals surface area contributed by atoms with Crippen molar-refractivity contribution in [1.29, 1.82) is 0 Å². The second-order valence-corrected chi connectivity index (χ2v) is 18.0. The molecular weight excluding hydrogens is 735 g/mol. The number of carbonyl (C=O) groups excluding carboxylic acids is 3. The number of hydrogen-bond acceptors (Lipinski definition) is 7. The van der Waals surface area contributed by atoms with Crippen LogP contribution in [0.3, 0.4) is 0 Å². The Bertz CT molecular complexity index is 975. The quantitative estimate of drug-likeness (QED) is 0.0273. The molecule has 0 radical (unpaired) electrons. The van der Waals surface area contributed by atoms with E-state index in [4.69, 9.17) is 4.74 Å². The highest BCUT2D eigenvalue weighted by atomic mass is 32.2. The number of carbonyl (C=O) groups is 3. The second-order valence-electron chi connectivity index (χ2n) is 15.2. The molecular formula is C43H75F4NO4S2. The van der Waals surface area contributed by atoms with Crippen LogP contribution in [0.5, 0.6) is 0 Å². The molecule has 5 nitrogen and oxygen atoms in total. The third-order valence-electron chi connectivity index (χ3n) is 9.18. The van der Waals surface area contributed by atoms with Crippen LogP contribution in [0.1, 0.15) is 182 Å². The van der Waals surface area contributed by atoms with Crippen molar-refractivity contribution in [2.75, 3.05) is 20.6 Å². The number of esters is 1. The van der Waals surface area contributed by atoms with Crippen LogP contribution in [0.15, 0.2) is 24.3 Å². The van der Waals surface area contributed by atoms with Crippen molar-refractivity contribution in [2.45, 2.75) is 210 Å². The Kier molecular flexibility index (Phi) is 31.9. The summed E-state index contributed by atoms with van der Waals surface area (Å²) >= 11 is 2.25. The number of thioether (sulfide) groups is 2. The topological polar surface area (TPSA) is 63.7 Å². The zero-order chi connectivity index (χ0) is 40.7. The number of alkyl halides is 4. The van der Waals surface area contributed by atoms with Gasteiger partial charge in [0.25, 0.3) is 11.8 Å². The molecule has 0 aliphatic carbocycles. The van der Waals surface area contributed by atoms with Crippen molar-refractivity contribution in [3.05, 3.63) is 24.3 Å². The molecule has 0 aliphatic rings. The third kappa shape index (κ3) is 34.0. The first-order valence-electron chi connectivity index (χ1n) is 21.0. The predicted molar refractivity (Wildman–Crippen MR) is 223 cm³/mol. The maximum absolute atomic E-state index is 14.0. The predicted octanol–water partition coefficient (Wildman–Crippen LogP) is 13.5. The van der Waals surface area contributed by atoms with E-state index in [1.807, 2.05) is 32.8 Å². The van der Waals surface area contributed by atoms with Gasteiger partial charge < -0.3 is 9.64 Å². The largest absolute Gasteiger partial charge is 0.462 e. The van der Waals surface area contributed by atoms with Crippen LogP contribution in [0.25, 0.3) is 0 Å². The van der Waals surface area contributed by atoms with Gasteiger partial charge in [-0.05, 0) is 104 Å². The van der Waals surface area contributed by atoms with Gasteiger partial charge in [0.15, 0.2) is 10.2 Å². The molecule has 0 heterocycles. The summed E-state index contributed by atoms with van der Waals surface area (Å²) in [5.74, 6) is -5.79. The lowest BCUT2D eigenvalue weighted by Crippen LogP contribution is -2.20. The van der Waals surface area contributed by atoms with Crippen molar-refractivity contribution >= 4 is 39.7 Å². The molecule has 0 amide bonds. The number of rotatable bonds is 35. The van der Waals surface area contributed by atoms with Crippen molar-refractivity contribution in [3.8, 4) is 0 Å². The molecule has 11 heteroatoms. The highest BCUT2D eigenvalue weighted by molar-refractivity contribution is 8.14. The summed E-state index contributed by atoms with van der Waals surface area (Å²) in [5.41, 5.74) is 0. The molecule has 316 valence electrons. The summed E-state index contributed by atoms with van der Waals surface area (Å²) in [6.07, 6.45) is 21.7. The van der Waals surface area contributed by atoms with Gasteiger partial charge in [-0.2, -0.15) is 0 Å². The molecule has 54 heavy (non-hydrogen) atoms. The van der Waals surface area contributed by atoms with Crippen LogP contribution in [0, 0.1) is 0 Å². The van der Waals surface area contributed by atoms with E-state index in [1.54, 1.807) is 13.8 Å². The van der Waals surface area contributed by atoms with E-state index in [9.17, 15) is 31.9 Å². The maximum atomic E-state index is 14.0. The first kappa shape index (κ1) is 52.7. The minimum Gasteiger partial charge on any atom is -0.462 e. The summed E-state index contributed by atoms with van der Waals surface area (Å²) in [6.45, 7) is 8.37. The maximum Gasteiger partial charge on any atom is 0.306 e. The van der Waals surface area contributed by atoms with Gasteiger partial charge in [-0.15, -0.1) is 0 Å². The summed E-state index contributed by atoms with van der Waals surface area (Å²) in [4.78, 5) is 39.3. The highest BCUT2D eigenvalue weighted by Crippen LogP contribution is 2.27. The van der Waals surface area contributed by atoms with Crippen molar-refractivity contribution in [1.82, 2.24) is 4.90 Å². The summed E-state index contributed by atoms with van der Waals surface area (Å²) in [6, 6.07) is 0. The lowest BCUT2D eigenvalue weighted by atomic mass is 10.0. The molecule has 0 rings (SSSR count). The Morgan fingerprint density at radius 2 is 1.00 bits per heavy atom. The van der Waals surface area contributed by atoms with Crippen molar-refractivity contribution < 1.29 is 36.7 Å².